The van der Waals surface area contributed by atoms with Crippen molar-refractivity contribution in [3.8, 4) is 0 Å². The number of fused-ring (bicyclic) bond motifs is 1. The summed E-state index contributed by atoms with van der Waals surface area (Å²) in [4.78, 5) is 11.0. The van der Waals surface area contributed by atoms with Gasteiger partial charge in [0.1, 0.15) is 6.04 Å². The summed E-state index contributed by atoms with van der Waals surface area (Å²) in [6, 6.07) is -1.02. The summed E-state index contributed by atoms with van der Waals surface area (Å²) in [5.74, 6) is -1.15. The minimum Gasteiger partial charge on any atom is -0.480 e. The molecule has 0 amide bonds. The molecule has 0 aromatic carbocycles. The Morgan fingerprint density at radius 2 is 2.17 bits per heavy atom. The van der Waals surface area contributed by atoms with Gasteiger partial charge in [0, 0.05) is 11.3 Å². The number of halogens is 3. The van der Waals surface area contributed by atoms with E-state index in [1.807, 2.05) is 0 Å². The highest BCUT2D eigenvalue weighted by molar-refractivity contribution is 5.71. The Morgan fingerprint density at radius 3 is 2.67 bits per heavy atom. The van der Waals surface area contributed by atoms with Crippen molar-refractivity contribution < 1.29 is 23.1 Å². The van der Waals surface area contributed by atoms with Crippen LogP contribution >= 0.6 is 0 Å². The zero-order chi connectivity index (χ0) is 13.5. The molecule has 4 nitrogen and oxygen atoms in total. The van der Waals surface area contributed by atoms with E-state index >= 15 is 0 Å². The number of carboxylic acids is 1. The van der Waals surface area contributed by atoms with Gasteiger partial charge in [0.25, 0.3) is 0 Å². The zero-order valence-electron chi connectivity index (χ0n) is 9.79. The second-order valence-electron chi connectivity index (χ2n) is 4.33. The molecule has 1 aromatic heterocycles. The predicted molar refractivity (Wildman–Crippen MR) is 56.2 cm³/mol. The van der Waals surface area contributed by atoms with Gasteiger partial charge < -0.3 is 5.11 Å². The molecular weight excluding hydrogens is 249 g/mol. The SMILES string of the molecule is CC[C@H](C(=O)O)n1nc(C(F)(F)F)c2c1CCC2. The van der Waals surface area contributed by atoms with Gasteiger partial charge >= 0.3 is 12.1 Å². The summed E-state index contributed by atoms with van der Waals surface area (Å²) in [5, 5.41) is 12.5. The molecule has 1 aromatic rings. The summed E-state index contributed by atoms with van der Waals surface area (Å²) in [6.45, 7) is 1.62. The van der Waals surface area contributed by atoms with E-state index in [0.717, 1.165) is 4.68 Å². The summed E-state index contributed by atoms with van der Waals surface area (Å²) < 4.78 is 39.5. The molecule has 0 unspecified atom stereocenters. The highest BCUT2D eigenvalue weighted by Gasteiger charge is 2.41. The largest absolute Gasteiger partial charge is 0.480 e. The fraction of sp³-hybridized carbons (Fsp3) is 0.636. The van der Waals surface area contributed by atoms with E-state index in [2.05, 4.69) is 5.10 Å². The molecule has 0 saturated heterocycles. The lowest BCUT2D eigenvalue weighted by Gasteiger charge is -2.13. The first-order valence-electron chi connectivity index (χ1n) is 5.76. The van der Waals surface area contributed by atoms with Crippen LogP contribution in [0.4, 0.5) is 13.2 Å². The maximum absolute atomic E-state index is 12.8. The van der Waals surface area contributed by atoms with Crippen LogP contribution in [0.2, 0.25) is 0 Å². The number of hydrogen-bond acceptors (Lipinski definition) is 2. The van der Waals surface area contributed by atoms with E-state index in [0.29, 0.717) is 25.0 Å². The predicted octanol–water partition coefficient (Wildman–Crippen LogP) is 2.43. The quantitative estimate of drug-likeness (QED) is 0.910. The summed E-state index contributed by atoms with van der Waals surface area (Å²) in [5.41, 5.74) is -0.325. The van der Waals surface area contributed by atoms with Crippen LogP contribution < -0.4 is 0 Å². The van der Waals surface area contributed by atoms with Crippen LogP contribution in [0.25, 0.3) is 0 Å². The lowest BCUT2D eigenvalue weighted by molar-refractivity contribution is -0.145. The molecule has 0 spiro atoms. The summed E-state index contributed by atoms with van der Waals surface area (Å²) in [6.07, 6.45) is -2.91. The molecule has 1 aliphatic rings. The van der Waals surface area contributed by atoms with Gasteiger partial charge in [-0.2, -0.15) is 18.3 Å². The lowest BCUT2D eigenvalue weighted by atomic mass is 10.2. The molecule has 7 heteroatoms. The number of alkyl halides is 3. The Kier molecular flexibility index (Phi) is 3.08. The van der Waals surface area contributed by atoms with Gasteiger partial charge in [0.15, 0.2) is 5.69 Å². The standard InChI is InChI=1S/C11H13F3N2O2/c1-2-7(10(17)18)16-8-5-3-4-6(8)9(15-16)11(12,13)14/h7H,2-5H2,1H3,(H,17,18)/t7-/m1/s1. The number of hydrogen-bond donors (Lipinski definition) is 1. The normalized spacial score (nSPS) is 16.7. The molecule has 100 valence electrons. The first kappa shape index (κ1) is 12.9. The van der Waals surface area contributed by atoms with E-state index in [1.165, 1.54) is 0 Å². The molecule has 0 radical (unpaired) electrons. The highest BCUT2D eigenvalue weighted by atomic mass is 19.4. The second-order valence-corrected chi connectivity index (χ2v) is 4.33. The van der Waals surface area contributed by atoms with Gasteiger partial charge in [-0.1, -0.05) is 6.92 Å². The van der Waals surface area contributed by atoms with Crippen molar-refractivity contribution in [3.63, 3.8) is 0 Å². The van der Waals surface area contributed by atoms with Gasteiger partial charge in [-0.25, -0.2) is 4.79 Å². The van der Waals surface area contributed by atoms with Crippen molar-refractivity contribution in [2.24, 2.45) is 0 Å². The molecular formula is C11H13F3N2O2. The maximum atomic E-state index is 12.8. The van der Waals surface area contributed by atoms with E-state index in [1.54, 1.807) is 6.92 Å². The van der Waals surface area contributed by atoms with E-state index in [4.69, 9.17) is 5.11 Å². The molecule has 1 heterocycles. The van der Waals surface area contributed by atoms with Crippen molar-refractivity contribution in [1.82, 2.24) is 9.78 Å². The van der Waals surface area contributed by atoms with Crippen molar-refractivity contribution in [1.29, 1.82) is 0 Å². The van der Waals surface area contributed by atoms with E-state index in [9.17, 15) is 18.0 Å². The fourth-order valence-corrected chi connectivity index (χ4v) is 2.40. The highest BCUT2D eigenvalue weighted by Crippen LogP contribution is 2.37. The number of aromatic nitrogens is 2. The van der Waals surface area contributed by atoms with Crippen LogP contribution in [-0.4, -0.2) is 20.9 Å². The third-order valence-corrected chi connectivity index (χ3v) is 3.19. The van der Waals surface area contributed by atoms with Crippen LogP contribution in [0.3, 0.4) is 0 Å². The second kappa shape index (κ2) is 4.29. The lowest BCUT2D eigenvalue weighted by Crippen LogP contribution is -2.22. The van der Waals surface area contributed by atoms with Crippen LogP contribution in [0.1, 0.15) is 42.8 Å². The molecule has 1 atom stereocenters. The Balaban J connectivity index is 2.53. The molecule has 0 fully saturated rings. The molecule has 18 heavy (non-hydrogen) atoms. The van der Waals surface area contributed by atoms with Gasteiger partial charge in [-0.05, 0) is 25.7 Å². The number of carbonyl (C=O) groups is 1. The molecule has 2 rings (SSSR count). The Bertz CT molecular complexity index is 479. The molecule has 0 aliphatic heterocycles. The Labute approximate surface area is 101 Å². The Morgan fingerprint density at radius 1 is 1.50 bits per heavy atom. The minimum atomic E-state index is -4.52. The summed E-state index contributed by atoms with van der Waals surface area (Å²) >= 11 is 0. The van der Waals surface area contributed by atoms with Crippen molar-refractivity contribution in [2.75, 3.05) is 0 Å². The van der Waals surface area contributed by atoms with Gasteiger partial charge in [0.2, 0.25) is 0 Å². The van der Waals surface area contributed by atoms with E-state index in [-0.39, 0.29) is 12.0 Å². The monoisotopic (exact) mass is 262 g/mol. The average molecular weight is 262 g/mol. The van der Waals surface area contributed by atoms with Gasteiger partial charge in [0.05, 0.1) is 0 Å². The zero-order valence-corrected chi connectivity index (χ0v) is 9.79. The number of rotatable bonds is 3. The van der Waals surface area contributed by atoms with Crippen molar-refractivity contribution >= 4 is 5.97 Å². The first-order chi connectivity index (χ1) is 8.36. The molecule has 1 N–H and O–H groups in total. The minimum absolute atomic E-state index is 0.169. The van der Waals surface area contributed by atoms with Crippen molar-refractivity contribution in [3.05, 3.63) is 17.0 Å². The van der Waals surface area contributed by atoms with Crippen LogP contribution in [0, 0.1) is 0 Å². The van der Waals surface area contributed by atoms with Crippen LogP contribution in [-0.2, 0) is 23.8 Å². The van der Waals surface area contributed by atoms with E-state index < -0.39 is 23.9 Å². The maximum Gasteiger partial charge on any atom is 0.435 e. The number of nitrogens with zero attached hydrogens (tertiary/aromatic N) is 2. The molecule has 1 aliphatic carbocycles. The Hall–Kier alpha value is -1.53. The van der Waals surface area contributed by atoms with Crippen LogP contribution in [0.15, 0.2) is 0 Å². The topological polar surface area (TPSA) is 55.1 Å². The third kappa shape index (κ3) is 1.97. The number of carboxylic acid groups (broad SMARTS) is 1. The molecule has 0 bridgehead atoms. The van der Waals surface area contributed by atoms with Gasteiger partial charge in [-0.15, -0.1) is 0 Å². The first-order valence-corrected chi connectivity index (χ1v) is 5.76. The smallest absolute Gasteiger partial charge is 0.435 e. The summed E-state index contributed by atoms with van der Waals surface area (Å²) in [7, 11) is 0. The third-order valence-electron chi connectivity index (χ3n) is 3.19. The number of aliphatic carboxylic acids is 1. The van der Waals surface area contributed by atoms with Crippen LogP contribution in [0.5, 0.6) is 0 Å². The molecule has 0 saturated carbocycles. The fourth-order valence-electron chi connectivity index (χ4n) is 2.40. The van der Waals surface area contributed by atoms with Gasteiger partial charge in [-0.3, -0.25) is 4.68 Å². The van der Waals surface area contributed by atoms with Crippen molar-refractivity contribution in [2.45, 2.75) is 44.8 Å². The average Bonchev–Trinajstić information content (AvgIpc) is 2.79.